The Labute approximate surface area is 115 Å². The maximum absolute atomic E-state index is 12.2. The second kappa shape index (κ2) is 5.45. The Balaban J connectivity index is 2.02. The minimum atomic E-state index is -0.273. The molecule has 1 aromatic rings. The topological polar surface area (TPSA) is 53.7 Å². The van der Waals surface area contributed by atoms with Crippen molar-refractivity contribution in [2.75, 3.05) is 13.6 Å². The molecule has 1 amide bonds. The molecule has 4 nitrogen and oxygen atoms in total. The van der Waals surface area contributed by atoms with E-state index in [-0.39, 0.29) is 17.9 Å². The molecule has 0 saturated heterocycles. The summed E-state index contributed by atoms with van der Waals surface area (Å²) in [5, 5.41) is 9.78. The maximum atomic E-state index is 12.2. The van der Waals surface area contributed by atoms with Crippen LogP contribution in [-0.2, 0) is 0 Å². The molecule has 1 saturated carbocycles. The number of nitrogens with zero attached hydrogens (tertiary/aromatic N) is 1. The number of hydrogen-bond acceptors (Lipinski definition) is 3. The average Bonchev–Trinajstić information content (AvgIpc) is 2.85. The van der Waals surface area contributed by atoms with E-state index in [9.17, 15) is 9.90 Å². The van der Waals surface area contributed by atoms with Crippen LogP contribution in [0.1, 0.15) is 35.4 Å². The lowest BCUT2D eigenvalue weighted by Gasteiger charge is -2.22. The molecule has 5 heteroatoms. The van der Waals surface area contributed by atoms with Gasteiger partial charge in [0.2, 0.25) is 0 Å². The number of aryl methyl sites for hydroxylation is 1. The molecule has 2 unspecified atom stereocenters. The fourth-order valence-electron chi connectivity index (χ4n) is 2.49. The van der Waals surface area contributed by atoms with E-state index in [2.05, 4.69) is 15.9 Å². The van der Waals surface area contributed by atoms with Crippen molar-refractivity contribution in [2.24, 2.45) is 5.92 Å². The predicted octanol–water partition coefficient (Wildman–Crippen LogP) is 2.58. The van der Waals surface area contributed by atoms with E-state index in [4.69, 9.17) is 4.42 Å². The van der Waals surface area contributed by atoms with Crippen LogP contribution in [-0.4, -0.2) is 35.6 Å². The van der Waals surface area contributed by atoms with E-state index in [1.54, 1.807) is 18.0 Å². The van der Waals surface area contributed by atoms with Crippen LogP contribution in [0.15, 0.2) is 15.2 Å². The fraction of sp³-hybridized carbons (Fsp3) is 0.615. The van der Waals surface area contributed by atoms with Crippen LogP contribution in [0, 0.1) is 12.8 Å². The highest BCUT2D eigenvalue weighted by Crippen LogP contribution is 2.27. The Morgan fingerprint density at radius 2 is 2.33 bits per heavy atom. The Morgan fingerprint density at radius 1 is 1.61 bits per heavy atom. The summed E-state index contributed by atoms with van der Waals surface area (Å²) >= 11 is 3.22. The number of amides is 1. The third-order valence-corrected chi connectivity index (χ3v) is 3.95. The van der Waals surface area contributed by atoms with Gasteiger partial charge in [0, 0.05) is 25.1 Å². The minimum absolute atomic E-state index is 0.127. The molecule has 0 aromatic carbocycles. The monoisotopic (exact) mass is 315 g/mol. The molecule has 100 valence electrons. The molecule has 2 rings (SSSR count). The molecule has 0 aliphatic heterocycles. The van der Waals surface area contributed by atoms with E-state index < -0.39 is 0 Å². The summed E-state index contributed by atoms with van der Waals surface area (Å²) in [4.78, 5) is 13.8. The van der Waals surface area contributed by atoms with Gasteiger partial charge < -0.3 is 14.4 Å². The van der Waals surface area contributed by atoms with Gasteiger partial charge in [0.1, 0.15) is 0 Å². The summed E-state index contributed by atoms with van der Waals surface area (Å²) in [6.45, 7) is 2.43. The molecule has 1 aliphatic carbocycles. The number of rotatable bonds is 3. The zero-order valence-electron chi connectivity index (χ0n) is 10.6. The third kappa shape index (κ3) is 2.78. The number of carbonyl (C=O) groups excluding carboxylic acids is 1. The first kappa shape index (κ1) is 13.6. The average molecular weight is 316 g/mol. The molecule has 2 atom stereocenters. The number of furan rings is 1. The summed E-state index contributed by atoms with van der Waals surface area (Å²) in [6, 6.07) is 1.78. The van der Waals surface area contributed by atoms with Crippen LogP contribution in [0.5, 0.6) is 0 Å². The van der Waals surface area contributed by atoms with Crippen molar-refractivity contribution in [1.29, 1.82) is 0 Å². The van der Waals surface area contributed by atoms with Crippen molar-refractivity contribution in [3.05, 3.63) is 22.1 Å². The number of aliphatic hydroxyl groups excluding tert-OH is 1. The van der Waals surface area contributed by atoms with E-state index in [1.165, 1.54) is 0 Å². The first-order chi connectivity index (χ1) is 8.49. The van der Waals surface area contributed by atoms with Gasteiger partial charge in [0.25, 0.3) is 5.91 Å². The van der Waals surface area contributed by atoms with E-state index in [0.29, 0.717) is 17.0 Å². The van der Waals surface area contributed by atoms with Gasteiger partial charge in [-0.1, -0.05) is 6.42 Å². The summed E-state index contributed by atoms with van der Waals surface area (Å²) in [6.07, 6.45) is 2.60. The lowest BCUT2D eigenvalue weighted by atomic mass is 10.1. The number of carbonyl (C=O) groups is 1. The highest BCUT2D eigenvalue weighted by atomic mass is 79.9. The third-order valence-electron chi connectivity index (χ3n) is 3.56. The lowest BCUT2D eigenvalue weighted by Crippen LogP contribution is -2.34. The number of hydrogen-bond donors (Lipinski definition) is 1. The molecular weight excluding hydrogens is 298 g/mol. The summed E-state index contributed by atoms with van der Waals surface area (Å²) in [5.74, 6) is 0.437. The number of aliphatic hydroxyl groups is 1. The van der Waals surface area contributed by atoms with E-state index >= 15 is 0 Å². The van der Waals surface area contributed by atoms with Gasteiger partial charge in [-0.25, -0.2) is 0 Å². The highest BCUT2D eigenvalue weighted by Gasteiger charge is 2.29. The molecule has 1 aliphatic rings. The van der Waals surface area contributed by atoms with Crippen molar-refractivity contribution in [3.8, 4) is 0 Å². The second-order valence-corrected chi connectivity index (χ2v) is 5.79. The Bertz CT molecular complexity index is 443. The molecule has 0 bridgehead atoms. The van der Waals surface area contributed by atoms with Crippen LogP contribution < -0.4 is 0 Å². The van der Waals surface area contributed by atoms with Crippen molar-refractivity contribution < 1.29 is 14.3 Å². The summed E-state index contributed by atoms with van der Waals surface area (Å²) in [7, 11) is 1.75. The minimum Gasteiger partial charge on any atom is -0.444 e. The van der Waals surface area contributed by atoms with Gasteiger partial charge in [-0.3, -0.25) is 4.79 Å². The summed E-state index contributed by atoms with van der Waals surface area (Å²) in [5.41, 5.74) is 0.825. The molecule has 1 heterocycles. The van der Waals surface area contributed by atoms with Crippen molar-refractivity contribution in [2.45, 2.75) is 32.3 Å². The van der Waals surface area contributed by atoms with Crippen LogP contribution in [0.4, 0.5) is 0 Å². The maximum Gasteiger partial charge on any atom is 0.289 e. The van der Waals surface area contributed by atoms with Crippen LogP contribution in [0.25, 0.3) is 0 Å². The molecule has 18 heavy (non-hydrogen) atoms. The van der Waals surface area contributed by atoms with Crippen molar-refractivity contribution in [3.63, 3.8) is 0 Å². The summed E-state index contributed by atoms with van der Waals surface area (Å²) < 4.78 is 5.92. The van der Waals surface area contributed by atoms with Gasteiger partial charge in [-0.2, -0.15) is 0 Å². The predicted molar refractivity (Wildman–Crippen MR) is 71.5 cm³/mol. The van der Waals surface area contributed by atoms with Gasteiger partial charge >= 0.3 is 0 Å². The largest absolute Gasteiger partial charge is 0.444 e. The van der Waals surface area contributed by atoms with Crippen LogP contribution >= 0.6 is 15.9 Å². The molecule has 0 radical (unpaired) electrons. The molecule has 1 fully saturated rings. The second-order valence-electron chi connectivity index (χ2n) is 5.01. The van der Waals surface area contributed by atoms with Crippen LogP contribution in [0.3, 0.4) is 0 Å². The number of halogens is 1. The molecule has 1 aromatic heterocycles. The standard InChI is InChI=1S/C13H18BrNO3/c1-8-6-11(14)18-12(8)13(17)15(2)7-9-4-3-5-10(9)16/h6,9-10,16H,3-5,7H2,1-2H3. The van der Waals surface area contributed by atoms with Gasteiger partial charge in [0.15, 0.2) is 10.4 Å². The molecule has 1 N–H and O–H groups in total. The Kier molecular flexibility index (Phi) is 4.12. The molecule has 0 spiro atoms. The van der Waals surface area contributed by atoms with Crippen LogP contribution in [0.2, 0.25) is 0 Å². The first-order valence-corrected chi connectivity index (χ1v) is 6.98. The fourth-order valence-corrected chi connectivity index (χ4v) is 3.00. The zero-order valence-corrected chi connectivity index (χ0v) is 12.2. The zero-order chi connectivity index (χ0) is 13.3. The normalized spacial score (nSPS) is 23.3. The van der Waals surface area contributed by atoms with Crippen molar-refractivity contribution in [1.82, 2.24) is 4.90 Å². The van der Waals surface area contributed by atoms with Gasteiger partial charge in [0.05, 0.1) is 6.10 Å². The van der Waals surface area contributed by atoms with E-state index in [0.717, 1.165) is 24.8 Å². The smallest absolute Gasteiger partial charge is 0.289 e. The Hall–Kier alpha value is -0.810. The SMILES string of the molecule is Cc1cc(Br)oc1C(=O)N(C)CC1CCCC1O. The lowest BCUT2D eigenvalue weighted by molar-refractivity contribution is 0.0663. The van der Waals surface area contributed by atoms with Gasteiger partial charge in [-0.05, 0) is 41.8 Å². The van der Waals surface area contributed by atoms with Gasteiger partial charge in [-0.15, -0.1) is 0 Å². The molecular formula is C13H18BrNO3. The Morgan fingerprint density at radius 3 is 2.83 bits per heavy atom. The highest BCUT2D eigenvalue weighted by molar-refractivity contribution is 9.10. The first-order valence-electron chi connectivity index (χ1n) is 6.18. The van der Waals surface area contributed by atoms with Crippen molar-refractivity contribution >= 4 is 21.8 Å². The quantitative estimate of drug-likeness (QED) is 0.932. The van der Waals surface area contributed by atoms with E-state index in [1.807, 2.05) is 6.92 Å².